The smallest absolute Gasteiger partial charge is 0.0632 e. The zero-order valence-electron chi connectivity index (χ0n) is 10.6. The summed E-state index contributed by atoms with van der Waals surface area (Å²) in [5.74, 6) is 10.1. The Morgan fingerprint density at radius 1 is 0.765 bits per heavy atom. The van der Waals surface area contributed by atoms with E-state index in [4.69, 9.17) is 11.7 Å². The summed E-state index contributed by atoms with van der Waals surface area (Å²) >= 11 is 0. The van der Waals surface area contributed by atoms with Crippen LogP contribution in [0.25, 0.3) is 0 Å². The Balaban J connectivity index is 2.89. The lowest BCUT2D eigenvalue weighted by Crippen LogP contribution is -2.27. The monoisotopic (exact) mass is 245 g/mol. The van der Waals surface area contributed by atoms with Crippen LogP contribution >= 0.6 is 0 Å². The molecule has 0 saturated carbocycles. The second-order valence-corrected chi connectivity index (χ2v) is 3.85. The Morgan fingerprint density at radius 2 is 1.35 bits per heavy atom. The van der Waals surface area contributed by atoms with Gasteiger partial charge in [0, 0.05) is 6.54 Å². The number of nitrogens with one attached hydrogen (secondary N) is 3. The van der Waals surface area contributed by atoms with Gasteiger partial charge in [-0.1, -0.05) is 5.22 Å². The molecule has 0 aliphatic heterocycles. The van der Waals surface area contributed by atoms with Gasteiger partial charge in [0.15, 0.2) is 0 Å². The van der Waals surface area contributed by atoms with Gasteiger partial charge in [0.25, 0.3) is 0 Å². The van der Waals surface area contributed by atoms with Crippen molar-refractivity contribution in [1.82, 2.24) is 16.1 Å². The maximum absolute atomic E-state index is 5.16. The SMILES string of the molecule is NN=NCCCNCCCCNCCCNN. The van der Waals surface area contributed by atoms with Crippen molar-refractivity contribution in [3.05, 3.63) is 0 Å². The molecule has 0 fully saturated rings. The fourth-order valence-electron chi connectivity index (χ4n) is 1.40. The number of unbranched alkanes of at least 4 members (excludes halogenated alkanes) is 1. The number of nitrogens with zero attached hydrogens (tertiary/aromatic N) is 2. The maximum Gasteiger partial charge on any atom is 0.0632 e. The molecule has 7 heteroatoms. The van der Waals surface area contributed by atoms with Crippen molar-refractivity contribution >= 4 is 0 Å². The molecule has 0 aliphatic rings. The minimum absolute atomic E-state index is 0.709. The van der Waals surface area contributed by atoms with Crippen molar-refractivity contribution < 1.29 is 0 Å². The van der Waals surface area contributed by atoms with E-state index in [0.717, 1.165) is 45.6 Å². The lowest BCUT2D eigenvalue weighted by atomic mass is 10.3. The van der Waals surface area contributed by atoms with Crippen LogP contribution in [-0.4, -0.2) is 39.3 Å². The molecule has 0 aromatic carbocycles. The fraction of sp³-hybridized carbons (Fsp3) is 1.00. The van der Waals surface area contributed by atoms with Gasteiger partial charge < -0.3 is 16.5 Å². The molecule has 0 amide bonds. The van der Waals surface area contributed by atoms with Crippen LogP contribution in [-0.2, 0) is 0 Å². The van der Waals surface area contributed by atoms with E-state index in [2.05, 4.69) is 26.4 Å². The van der Waals surface area contributed by atoms with Crippen LogP contribution in [0.15, 0.2) is 10.3 Å². The first-order chi connectivity index (χ1) is 8.41. The van der Waals surface area contributed by atoms with Crippen LogP contribution in [0.3, 0.4) is 0 Å². The van der Waals surface area contributed by atoms with Gasteiger partial charge in [-0.25, -0.2) is 0 Å². The summed E-state index contributed by atoms with van der Waals surface area (Å²) in [5.41, 5.74) is 2.64. The normalized spacial score (nSPS) is 11.4. The molecule has 0 unspecified atom stereocenters. The van der Waals surface area contributed by atoms with Crippen LogP contribution in [0.2, 0.25) is 0 Å². The lowest BCUT2D eigenvalue weighted by Gasteiger charge is -2.05. The highest BCUT2D eigenvalue weighted by Gasteiger charge is 1.90. The number of hydrogen-bond acceptors (Lipinski definition) is 6. The van der Waals surface area contributed by atoms with E-state index in [9.17, 15) is 0 Å². The first-order valence-electron chi connectivity index (χ1n) is 6.33. The molecular formula is C10H27N7. The molecule has 0 rings (SSSR count). The number of hydrazine groups is 1. The fourth-order valence-corrected chi connectivity index (χ4v) is 1.40. The number of rotatable bonds is 13. The zero-order chi connectivity index (χ0) is 12.6. The topological polar surface area (TPSA) is 113 Å². The van der Waals surface area contributed by atoms with Crippen molar-refractivity contribution in [2.75, 3.05) is 39.3 Å². The van der Waals surface area contributed by atoms with Gasteiger partial charge in [-0.05, 0) is 51.9 Å². The van der Waals surface area contributed by atoms with Crippen LogP contribution in [0.1, 0.15) is 25.7 Å². The Hall–Kier alpha value is -0.760. The molecule has 7 N–H and O–H groups in total. The van der Waals surface area contributed by atoms with Crippen molar-refractivity contribution in [2.24, 2.45) is 22.0 Å². The molecule has 0 radical (unpaired) electrons. The van der Waals surface area contributed by atoms with Crippen LogP contribution < -0.4 is 27.7 Å². The first kappa shape index (κ1) is 16.2. The van der Waals surface area contributed by atoms with Crippen molar-refractivity contribution in [3.8, 4) is 0 Å². The second-order valence-electron chi connectivity index (χ2n) is 3.85. The van der Waals surface area contributed by atoms with Crippen molar-refractivity contribution in [2.45, 2.75) is 25.7 Å². The molecule has 17 heavy (non-hydrogen) atoms. The van der Waals surface area contributed by atoms with Crippen molar-refractivity contribution in [1.29, 1.82) is 0 Å². The minimum atomic E-state index is 0.709. The lowest BCUT2D eigenvalue weighted by molar-refractivity contribution is 0.558. The molecule has 7 nitrogen and oxygen atoms in total. The van der Waals surface area contributed by atoms with Gasteiger partial charge in [-0.3, -0.25) is 11.3 Å². The minimum Gasteiger partial charge on any atom is -0.317 e. The van der Waals surface area contributed by atoms with Gasteiger partial charge in [-0.2, -0.15) is 5.11 Å². The highest BCUT2D eigenvalue weighted by atomic mass is 15.3. The number of hydrogen-bond donors (Lipinski definition) is 5. The average molecular weight is 245 g/mol. The summed E-state index contributed by atoms with van der Waals surface area (Å²) in [6.45, 7) is 5.73. The third-order valence-electron chi connectivity index (χ3n) is 2.33. The molecule has 0 aromatic heterocycles. The Bertz CT molecular complexity index is 163. The summed E-state index contributed by atoms with van der Waals surface area (Å²) in [6.07, 6.45) is 4.46. The predicted molar refractivity (Wildman–Crippen MR) is 70.3 cm³/mol. The van der Waals surface area contributed by atoms with Gasteiger partial charge in [0.1, 0.15) is 0 Å². The summed E-state index contributed by atoms with van der Waals surface area (Å²) in [6, 6.07) is 0. The molecular weight excluding hydrogens is 218 g/mol. The molecule has 0 saturated heterocycles. The quantitative estimate of drug-likeness (QED) is 0.130. The Labute approximate surface area is 104 Å². The molecule has 0 atom stereocenters. The van der Waals surface area contributed by atoms with Gasteiger partial charge in [0.05, 0.1) is 6.54 Å². The van der Waals surface area contributed by atoms with E-state index in [1.807, 2.05) is 0 Å². The standard InChI is InChI=1S/C10H27N7/c11-15-9-3-7-13-5-1-2-6-14-8-4-10-16-17-12/h13-15H,1-11H2,(H2,12,16). The molecule has 0 heterocycles. The van der Waals surface area contributed by atoms with Crippen LogP contribution in [0.5, 0.6) is 0 Å². The second kappa shape index (κ2) is 15.2. The van der Waals surface area contributed by atoms with Crippen LogP contribution in [0.4, 0.5) is 0 Å². The molecule has 0 aromatic rings. The Kier molecular flexibility index (Phi) is 14.6. The predicted octanol–water partition coefficient (Wildman–Crippen LogP) is -0.485. The average Bonchev–Trinajstić information content (AvgIpc) is 2.35. The summed E-state index contributed by atoms with van der Waals surface area (Å²) in [5, 5.41) is 13.6. The summed E-state index contributed by atoms with van der Waals surface area (Å²) < 4.78 is 0. The van der Waals surface area contributed by atoms with Crippen LogP contribution in [0, 0.1) is 0 Å². The largest absolute Gasteiger partial charge is 0.317 e. The van der Waals surface area contributed by atoms with E-state index < -0.39 is 0 Å². The third-order valence-corrected chi connectivity index (χ3v) is 2.33. The zero-order valence-corrected chi connectivity index (χ0v) is 10.6. The van der Waals surface area contributed by atoms with E-state index in [0.29, 0.717) is 6.54 Å². The maximum atomic E-state index is 5.16. The van der Waals surface area contributed by atoms with Gasteiger partial charge in [0.2, 0.25) is 0 Å². The first-order valence-corrected chi connectivity index (χ1v) is 6.33. The van der Waals surface area contributed by atoms with E-state index in [-0.39, 0.29) is 0 Å². The summed E-state index contributed by atoms with van der Waals surface area (Å²) in [4.78, 5) is 0. The molecule has 0 aliphatic carbocycles. The Morgan fingerprint density at radius 3 is 1.94 bits per heavy atom. The van der Waals surface area contributed by atoms with E-state index in [1.54, 1.807) is 0 Å². The molecule has 0 bridgehead atoms. The number of nitrogens with two attached hydrogens (primary N) is 2. The molecule has 102 valence electrons. The highest BCUT2D eigenvalue weighted by Crippen LogP contribution is 1.86. The highest BCUT2D eigenvalue weighted by molar-refractivity contribution is 4.53. The van der Waals surface area contributed by atoms with Gasteiger partial charge in [-0.15, -0.1) is 0 Å². The third kappa shape index (κ3) is 15.2. The molecule has 0 spiro atoms. The van der Waals surface area contributed by atoms with E-state index >= 15 is 0 Å². The van der Waals surface area contributed by atoms with Gasteiger partial charge >= 0.3 is 0 Å². The van der Waals surface area contributed by atoms with E-state index in [1.165, 1.54) is 12.8 Å². The van der Waals surface area contributed by atoms with Crippen molar-refractivity contribution in [3.63, 3.8) is 0 Å². The summed E-state index contributed by atoms with van der Waals surface area (Å²) in [7, 11) is 0.